The Morgan fingerprint density at radius 3 is 2.74 bits per heavy atom. The van der Waals surface area contributed by atoms with Crippen LogP contribution in [0.25, 0.3) is 0 Å². The van der Waals surface area contributed by atoms with E-state index in [1.54, 1.807) is 30.2 Å². The summed E-state index contributed by atoms with van der Waals surface area (Å²) < 4.78 is 1.77. The zero-order valence-electron chi connectivity index (χ0n) is 11.0. The van der Waals surface area contributed by atoms with Crippen LogP contribution in [0.15, 0.2) is 24.7 Å². The highest BCUT2D eigenvalue weighted by molar-refractivity contribution is 5.64. The predicted octanol–water partition coefficient (Wildman–Crippen LogP) is 2.82. The van der Waals surface area contributed by atoms with Gasteiger partial charge in [-0.25, -0.2) is 4.98 Å². The largest absolute Gasteiger partial charge is 0.332 e. The molecule has 0 saturated heterocycles. The average molecular weight is 261 g/mol. The summed E-state index contributed by atoms with van der Waals surface area (Å²) in [7, 11) is 0. The molecule has 0 aliphatic heterocycles. The fourth-order valence-corrected chi connectivity index (χ4v) is 1.61. The van der Waals surface area contributed by atoms with Gasteiger partial charge < -0.3 is 5.32 Å². The minimum Gasteiger partial charge on any atom is -0.332 e. The smallest absolute Gasteiger partial charge is 0.311 e. The molecule has 0 saturated carbocycles. The summed E-state index contributed by atoms with van der Waals surface area (Å²) in [4.78, 5) is 14.6. The first kappa shape index (κ1) is 13.0. The molecule has 0 aliphatic carbocycles. The Kier molecular flexibility index (Phi) is 3.46. The Hall–Kier alpha value is -2.44. The van der Waals surface area contributed by atoms with Crippen molar-refractivity contribution >= 4 is 17.2 Å². The molecule has 2 rings (SSSR count). The minimum atomic E-state index is -0.449. The van der Waals surface area contributed by atoms with Crippen molar-refractivity contribution in [2.75, 3.05) is 5.32 Å². The van der Waals surface area contributed by atoms with Gasteiger partial charge >= 0.3 is 5.69 Å². The summed E-state index contributed by atoms with van der Waals surface area (Å²) in [6.07, 6.45) is 4.99. The molecule has 0 unspecified atom stereocenters. The van der Waals surface area contributed by atoms with Crippen LogP contribution in [-0.4, -0.2) is 19.7 Å². The average Bonchev–Trinajstić information content (AvgIpc) is 2.80. The molecule has 0 radical (unpaired) electrons. The van der Waals surface area contributed by atoms with Crippen molar-refractivity contribution in [3.63, 3.8) is 0 Å². The first-order chi connectivity index (χ1) is 8.97. The lowest BCUT2D eigenvalue weighted by Crippen LogP contribution is -2.01. The number of hydrogen-bond acceptors (Lipinski definition) is 5. The number of nitrogens with one attached hydrogen (secondary N) is 1. The summed E-state index contributed by atoms with van der Waals surface area (Å²) in [5.74, 6) is 0.221. The number of pyridine rings is 1. The van der Waals surface area contributed by atoms with E-state index in [0.717, 1.165) is 5.56 Å². The maximum atomic E-state index is 11.0. The number of hydrogen-bond donors (Lipinski definition) is 1. The normalized spacial score (nSPS) is 10.7. The Morgan fingerprint density at radius 1 is 1.42 bits per heavy atom. The Morgan fingerprint density at radius 2 is 2.16 bits per heavy atom. The highest BCUT2D eigenvalue weighted by Crippen LogP contribution is 2.25. The monoisotopic (exact) mass is 261 g/mol. The number of nitrogens with zero attached hydrogens (tertiary/aromatic N) is 4. The van der Waals surface area contributed by atoms with Gasteiger partial charge in [-0.05, 0) is 26.3 Å². The van der Waals surface area contributed by atoms with E-state index in [0.29, 0.717) is 5.69 Å². The zero-order valence-corrected chi connectivity index (χ0v) is 11.0. The molecule has 0 bridgehead atoms. The molecule has 0 atom stereocenters. The van der Waals surface area contributed by atoms with E-state index < -0.39 is 4.92 Å². The lowest BCUT2D eigenvalue weighted by atomic mass is 10.3. The van der Waals surface area contributed by atoms with Crippen LogP contribution in [0.3, 0.4) is 0 Å². The van der Waals surface area contributed by atoms with Crippen molar-refractivity contribution < 1.29 is 4.92 Å². The second kappa shape index (κ2) is 5.05. The topological polar surface area (TPSA) is 85.9 Å². The molecule has 1 N–H and O–H groups in total. The fraction of sp³-hybridized carbons (Fsp3) is 0.333. The van der Waals surface area contributed by atoms with Gasteiger partial charge in [0.25, 0.3) is 0 Å². The molecule has 7 heteroatoms. The minimum absolute atomic E-state index is 0.0442. The maximum absolute atomic E-state index is 11.0. The Labute approximate surface area is 110 Å². The molecule has 2 heterocycles. The summed E-state index contributed by atoms with van der Waals surface area (Å²) in [5, 5.41) is 18.1. The van der Waals surface area contributed by atoms with E-state index in [1.165, 1.54) is 6.07 Å². The molecule has 0 aromatic carbocycles. The molecule has 0 aliphatic rings. The summed E-state index contributed by atoms with van der Waals surface area (Å²) in [6, 6.07) is 1.72. The van der Waals surface area contributed by atoms with Crippen molar-refractivity contribution in [1.29, 1.82) is 0 Å². The van der Waals surface area contributed by atoms with Crippen LogP contribution in [-0.2, 0) is 0 Å². The second-order valence-electron chi connectivity index (χ2n) is 4.57. The van der Waals surface area contributed by atoms with E-state index in [4.69, 9.17) is 0 Å². The fourth-order valence-electron chi connectivity index (χ4n) is 1.61. The quantitative estimate of drug-likeness (QED) is 0.675. The van der Waals surface area contributed by atoms with Crippen LogP contribution in [0.2, 0.25) is 0 Å². The third-order valence-corrected chi connectivity index (χ3v) is 2.59. The Balaban J connectivity index is 2.29. The maximum Gasteiger partial charge on any atom is 0.311 e. The van der Waals surface area contributed by atoms with E-state index in [1.807, 2.05) is 13.8 Å². The third kappa shape index (κ3) is 2.87. The Bertz CT molecular complexity index is 606. The molecule has 0 amide bonds. The van der Waals surface area contributed by atoms with Crippen LogP contribution in [0, 0.1) is 17.0 Å². The van der Waals surface area contributed by atoms with Gasteiger partial charge in [-0.1, -0.05) is 0 Å². The second-order valence-corrected chi connectivity index (χ2v) is 4.57. The van der Waals surface area contributed by atoms with Gasteiger partial charge in [0, 0.05) is 24.5 Å². The molecule has 100 valence electrons. The van der Waals surface area contributed by atoms with Gasteiger partial charge in [-0.2, -0.15) is 5.10 Å². The number of aromatic nitrogens is 3. The molecule has 19 heavy (non-hydrogen) atoms. The molecule has 2 aromatic heterocycles. The summed E-state index contributed by atoms with van der Waals surface area (Å²) in [6.45, 7) is 5.77. The van der Waals surface area contributed by atoms with E-state index >= 15 is 0 Å². The highest BCUT2D eigenvalue weighted by Gasteiger charge is 2.16. The van der Waals surface area contributed by atoms with E-state index in [9.17, 15) is 10.1 Å². The summed E-state index contributed by atoms with van der Waals surface area (Å²) in [5.41, 5.74) is 1.38. The third-order valence-electron chi connectivity index (χ3n) is 2.59. The van der Waals surface area contributed by atoms with Gasteiger partial charge in [0.2, 0.25) is 5.82 Å². The molecule has 0 fully saturated rings. The van der Waals surface area contributed by atoms with E-state index in [-0.39, 0.29) is 17.5 Å². The van der Waals surface area contributed by atoms with Crippen LogP contribution in [0.4, 0.5) is 17.2 Å². The first-order valence-corrected chi connectivity index (χ1v) is 5.89. The summed E-state index contributed by atoms with van der Waals surface area (Å²) >= 11 is 0. The van der Waals surface area contributed by atoms with Crippen molar-refractivity contribution in [3.8, 4) is 0 Å². The van der Waals surface area contributed by atoms with Crippen molar-refractivity contribution in [2.45, 2.75) is 26.8 Å². The van der Waals surface area contributed by atoms with Gasteiger partial charge in [0.05, 0.1) is 16.8 Å². The lowest BCUT2D eigenvalue weighted by molar-refractivity contribution is -0.384. The molecule has 2 aromatic rings. The molecule has 0 spiro atoms. The van der Waals surface area contributed by atoms with Crippen LogP contribution in [0.5, 0.6) is 0 Å². The SMILES string of the molecule is Cc1cnc(Nc2cnn(C(C)C)c2)c([N+](=O)[O-])c1. The first-order valence-electron chi connectivity index (χ1n) is 5.89. The number of nitro groups is 1. The standard InChI is InChI=1S/C12H15N5O2/c1-8(2)16-7-10(6-14-16)15-12-11(17(18)19)4-9(3)5-13-12/h4-8H,1-3H3,(H,13,15). The van der Waals surface area contributed by atoms with Gasteiger partial charge in [-0.15, -0.1) is 0 Å². The van der Waals surface area contributed by atoms with Crippen LogP contribution in [0.1, 0.15) is 25.5 Å². The number of anilines is 2. The van der Waals surface area contributed by atoms with E-state index in [2.05, 4.69) is 15.4 Å². The van der Waals surface area contributed by atoms with Crippen molar-refractivity contribution in [3.05, 3.63) is 40.3 Å². The van der Waals surface area contributed by atoms with Crippen LogP contribution < -0.4 is 5.32 Å². The molecule has 7 nitrogen and oxygen atoms in total. The predicted molar refractivity (Wildman–Crippen MR) is 71.5 cm³/mol. The number of aryl methyl sites for hydroxylation is 1. The highest BCUT2D eigenvalue weighted by atomic mass is 16.6. The van der Waals surface area contributed by atoms with Gasteiger partial charge in [-0.3, -0.25) is 14.8 Å². The lowest BCUT2D eigenvalue weighted by Gasteiger charge is -2.05. The molecular formula is C12H15N5O2. The molecular weight excluding hydrogens is 246 g/mol. The number of rotatable bonds is 4. The van der Waals surface area contributed by atoms with Gasteiger partial charge in [0.1, 0.15) is 0 Å². The van der Waals surface area contributed by atoms with Gasteiger partial charge in [0.15, 0.2) is 0 Å². The van der Waals surface area contributed by atoms with Crippen molar-refractivity contribution in [2.24, 2.45) is 0 Å². The van der Waals surface area contributed by atoms with Crippen LogP contribution >= 0.6 is 0 Å². The zero-order chi connectivity index (χ0) is 14.0. The van der Waals surface area contributed by atoms with Crippen molar-refractivity contribution in [1.82, 2.24) is 14.8 Å².